The Morgan fingerprint density at radius 1 is 0.692 bits per heavy atom. The molecule has 0 saturated carbocycles. The highest BCUT2D eigenvalue weighted by molar-refractivity contribution is 5.69. The van der Waals surface area contributed by atoms with E-state index >= 15 is 0 Å². The predicted molar refractivity (Wildman–Crippen MR) is 154 cm³/mol. The molecule has 0 heterocycles. The second-order valence-electron chi connectivity index (χ2n) is 9.36. The van der Waals surface area contributed by atoms with Crippen LogP contribution in [0.5, 0.6) is 0 Å². The quantitative estimate of drug-likeness (QED) is 0.0626. The number of hydrogen-bond acceptors (Lipinski definition) is 8. The third kappa shape index (κ3) is 24.3. The second kappa shape index (κ2) is 25.7. The first-order valence-corrected chi connectivity index (χ1v) is 14.2. The highest BCUT2D eigenvalue weighted by Gasteiger charge is 2.15. The standard InChI is InChI=1S/C31H50O8/c1-3-5-7-10-16-22-30(36)38-24-27(33)25-39-31(37)23-17-21-29(35)28(34)20-15-12-9-8-11-14-19-26(32)18-13-6-4-2/h6,8-9,11-15,19-20,26-29,32-35H,3-5,7,10,16-18,21-25H2,1-2H3/b11-8+,12-9-,13-6-,19-14+,20-15-/t26-,27-,28+,29+/m1/s1. The Kier molecular flexibility index (Phi) is 24.1. The molecule has 0 bridgehead atoms. The molecule has 0 unspecified atom stereocenters. The summed E-state index contributed by atoms with van der Waals surface area (Å²) >= 11 is 0. The average Bonchev–Trinajstić information content (AvgIpc) is 2.91. The number of carbonyl (C=O) groups is 2. The number of allylic oxidation sites excluding steroid dienone is 7. The maximum absolute atomic E-state index is 11.8. The Hall–Kier alpha value is -2.52. The van der Waals surface area contributed by atoms with E-state index in [0.717, 1.165) is 38.5 Å². The number of aliphatic hydroxyl groups is 4. The van der Waals surface area contributed by atoms with Crippen molar-refractivity contribution in [1.82, 2.24) is 0 Å². The highest BCUT2D eigenvalue weighted by Crippen LogP contribution is 2.08. The molecule has 4 N–H and O–H groups in total. The Morgan fingerprint density at radius 2 is 1.26 bits per heavy atom. The van der Waals surface area contributed by atoms with Gasteiger partial charge < -0.3 is 29.9 Å². The number of aliphatic hydroxyl groups excluding tert-OH is 4. The summed E-state index contributed by atoms with van der Waals surface area (Å²) in [6.45, 7) is 3.67. The minimum absolute atomic E-state index is 0.0273. The van der Waals surface area contributed by atoms with E-state index in [4.69, 9.17) is 9.47 Å². The lowest BCUT2D eigenvalue weighted by Gasteiger charge is -2.14. The number of unbranched alkanes of at least 4 members (excludes halogenated alkanes) is 4. The lowest BCUT2D eigenvalue weighted by molar-refractivity contribution is -0.152. The number of hydrogen-bond donors (Lipinski definition) is 4. The summed E-state index contributed by atoms with van der Waals surface area (Å²) in [6, 6.07) is 0. The van der Waals surface area contributed by atoms with E-state index in [9.17, 15) is 30.0 Å². The van der Waals surface area contributed by atoms with E-state index in [1.54, 1.807) is 42.5 Å². The van der Waals surface area contributed by atoms with Gasteiger partial charge in [-0.25, -0.2) is 0 Å². The van der Waals surface area contributed by atoms with Crippen LogP contribution in [0.4, 0.5) is 0 Å². The molecule has 0 aromatic rings. The van der Waals surface area contributed by atoms with Crippen molar-refractivity contribution >= 4 is 11.9 Å². The lowest BCUT2D eigenvalue weighted by Crippen LogP contribution is -2.26. The van der Waals surface area contributed by atoms with E-state index < -0.39 is 30.4 Å². The van der Waals surface area contributed by atoms with Gasteiger partial charge in [-0.15, -0.1) is 0 Å². The number of ether oxygens (including phenoxy) is 2. The molecule has 8 heteroatoms. The van der Waals surface area contributed by atoms with Gasteiger partial charge in [0.05, 0.1) is 18.3 Å². The zero-order chi connectivity index (χ0) is 29.1. The Morgan fingerprint density at radius 3 is 1.87 bits per heavy atom. The molecule has 0 rings (SSSR count). The topological polar surface area (TPSA) is 134 Å². The van der Waals surface area contributed by atoms with Gasteiger partial charge in [0.1, 0.15) is 19.3 Å². The summed E-state index contributed by atoms with van der Waals surface area (Å²) in [5, 5.41) is 39.7. The van der Waals surface area contributed by atoms with Crippen molar-refractivity contribution in [3.05, 3.63) is 60.8 Å². The first-order valence-electron chi connectivity index (χ1n) is 14.2. The van der Waals surface area contributed by atoms with Crippen LogP contribution in [0.15, 0.2) is 60.8 Å². The monoisotopic (exact) mass is 550 g/mol. The Bertz CT molecular complexity index is 769. The van der Waals surface area contributed by atoms with Crippen LogP contribution < -0.4 is 0 Å². The van der Waals surface area contributed by atoms with Gasteiger partial charge in [0, 0.05) is 12.8 Å². The summed E-state index contributed by atoms with van der Waals surface area (Å²) in [4.78, 5) is 23.5. The van der Waals surface area contributed by atoms with E-state index in [1.165, 1.54) is 6.08 Å². The maximum Gasteiger partial charge on any atom is 0.305 e. The zero-order valence-corrected chi connectivity index (χ0v) is 23.7. The summed E-state index contributed by atoms with van der Waals surface area (Å²) in [7, 11) is 0. The maximum atomic E-state index is 11.8. The number of esters is 2. The minimum atomic E-state index is -1.09. The molecule has 222 valence electrons. The van der Waals surface area contributed by atoms with Gasteiger partial charge >= 0.3 is 11.9 Å². The van der Waals surface area contributed by atoms with Crippen molar-refractivity contribution in [1.29, 1.82) is 0 Å². The van der Waals surface area contributed by atoms with Crippen molar-refractivity contribution in [3.63, 3.8) is 0 Å². The van der Waals surface area contributed by atoms with Gasteiger partial charge in [0.25, 0.3) is 0 Å². The third-order valence-corrected chi connectivity index (χ3v) is 5.61. The SMILES string of the molecule is CC/C=C\C[C@@H](O)/C=C/C=C/C=C\C=C/[C@H](O)[C@@H](O)CCCC(=O)OC[C@H](O)COC(=O)CCCCCCC. The van der Waals surface area contributed by atoms with Gasteiger partial charge in [-0.3, -0.25) is 9.59 Å². The van der Waals surface area contributed by atoms with E-state index in [-0.39, 0.29) is 32.0 Å². The highest BCUT2D eigenvalue weighted by atomic mass is 16.6. The largest absolute Gasteiger partial charge is 0.463 e. The van der Waals surface area contributed by atoms with Crippen molar-refractivity contribution in [2.45, 2.75) is 109 Å². The normalized spacial score (nSPS) is 15.5. The van der Waals surface area contributed by atoms with Crippen LogP contribution in [-0.4, -0.2) is 70.0 Å². The summed E-state index contributed by atoms with van der Waals surface area (Å²) in [5.41, 5.74) is 0. The fourth-order valence-corrected chi connectivity index (χ4v) is 3.31. The lowest BCUT2D eigenvalue weighted by atomic mass is 10.1. The number of rotatable bonds is 23. The third-order valence-electron chi connectivity index (χ3n) is 5.61. The molecular formula is C31H50O8. The molecule has 0 aromatic heterocycles. The van der Waals surface area contributed by atoms with E-state index in [1.807, 2.05) is 19.1 Å². The smallest absolute Gasteiger partial charge is 0.305 e. The van der Waals surface area contributed by atoms with E-state index in [2.05, 4.69) is 6.92 Å². The van der Waals surface area contributed by atoms with Crippen LogP contribution in [0.3, 0.4) is 0 Å². The van der Waals surface area contributed by atoms with Crippen LogP contribution >= 0.6 is 0 Å². The molecule has 0 aliphatic heterocycles. The molecule has 4 atom stereocenters. The van der Waals surface area contributed by atoms with Gasteiger partial charge in [-0.2, -0.15) is 0 Å². The molecule has 0 aromatic carbocycles. The van der Waals surface area contributed by atoms with Crippen LogP contribution in [0.25, 0.3) is 0 Å². The summed E-state index contributed by atoms with van der Waals surface area (Å²) < 4.78 is 9.98. The molecular weight excluding hydrogens is 500 g/mol. The van der Waals surface area contributed by atoms with Crippen LogP contribution in [0, 0.1) is 0 Å². The van der Waals surface area contributed by atoms with Crippen molar-refractivity contribution < 1.29 is 39.5 Å². The van der Waals surface area contributed by atoms with Gasteiger partial charge in [-0.1, -0.05) is 100 Å². The van der Waals surface area contributed by atoms with Crippen molar-refractivity contribution in [2.75, 3.05) is 13.2 Å². The summed E-state index contributed by atoms with van der Waals surface area (Å²) in [5.74, 6) is -0.910. The fourth-order valence-electron chi connectivity index (χ4n) is 3.31. The molecule has 0 aliphatic carbocycles. The van der Waals surface area contributed by atoms with Gasteiger partial charge in [-0.05, 0) is 32.1 Å². The minimum Gasteiger partial charge on any atom is -0.463 e. The molecule has 8 nitrogen and oxygen atoms in total. The van der Waals surface area contributed by atoms with E-state index in [0.29, 0.717) is 19.3 Å². The van der Waals surface area contributed by atoms with Gasteiger partial charge in [0.15, 0.2) is 0 Å². The summed E-state index contributed by atoms with van der Waals surface area (Å²) in [6.07, 6.45) is 21.3. The van der Waals surface area contributed by atoms with Crippen LogP contribution in [-0.2, 0) is 19.1 Å². The first-order chi connectivity index (χ1) is 18.8. The van der Waals surface area contributed by atoms with Crippen molar-refractivity contribution in [2.24, 2.45) is 0 Å². The zero-order valence-electron chi connectivity index (χ0n) is 23.7. The fraction of sp³-hybridized carbons (Fsp3) is 0.613. The number of carbonyl (C=O) groups excluding carboxylic acids is 2. The van der Waals surface area contributed by atoms with Crippen LogP contribution in [0.1, 0.15) is 84.5 Å². The molecule has 39 heavy (non-hydrogen) atoms. The van der Waals surface area contributed by atoms with Gasteiger partial charge in [0.2, 0.25) is 0 Å². The van der Waals surface area contributed by atoms with Crippen LogP contribution in [0.2, 0.25) is 0 Å². The molecule has 0 amide bonds. The molecule has 0 spiro atoms. The Labute approximate surface area is 234 Å². The first kappa shape index (κ1) is 36.5. The van der Waals surface area contributed by atoms with Crippen molar-refractivity contribution in [3.8, 4) is 0 Å². The molecule has 0 aliphatic rings. The molecule has 0 radical (unpaired) electrons. The predicted octanol–water partition coefficient (Wildman–Crippen LogP) is 4.63. The molecule has 0 saturated heterocycles. The molecule has 0 fully saturated rings. The average molecular weight is 551 g/mol. The second-order valence-corrected chi connectivity index (χ2v) is 9.36. The Balaban J connectivity index is 3.99.